The number of para-hydroxylation sites is 2. The van der Waals surface area contributed by atoms with Crippen molar-refractivity contribution in [1.29, 1.82) is 0 Å². The standard InChI is InChI=1S/C16H25N3O/c1-12(2)10-17-11-16(3,20)9-15-18-13-7-5-6-8-14(13)19(15)4/h5-8,12,17,20H,9-11H2,1-4H3. The van der Waals surface area contributed by atoms with E-state index in [9.17, 15) is 5.11 Å². The van der Waals surface area contributed by atoms with Crippen molar-refractivity contribution < 1.29 is 5.11 Å². The molecule has 4 nitrogen and oxygen atoms in total. The highest BCUT2D eigenvalue weighted by atomic mass is 16.3. The van der Waals surface area contributed by atoms with Crippen molar-refractivity contribution in [2.24, 2.45) is 13.0 Å². The van der Waals surface area contributed by atoms with Crippen molar-refractivity contribution >= 4 is 11.0 Å². The van der Waals surface area contributed by atoms with Crippen LogP contribution in [0.1, 0.15) is 26.6 Å². The van der Waals surface area contributed by atoms with Gasteiger partial charge in [-0.05, 0) is 31.5 Å². The Bertz CT molecular complexity index is 572. The SMILES string of the molecule is CC(C)CNCC(C)(O)Cc1nc2ccccc2n1C. The van der Waals surface area contributed by atoms with Crippen LogP contribution >= 0.6 is 0 Å². The minimum atomic E-state index is -0.788. The van der Waals surface area contributed by atoms with Gasteiger partial charge >= 0.3 is 0 Å². The second-order valence-electron chi connectivity index (χ2n) is 6.27. The summed E-state index contributed by atoms with van der Waals surface area (Å²) in [6, 6.07) is 8.06. The Morgan fingerprint density at radius 1 is 1.35 bits per heavy atom. The molecule has 0 aliphatic heterocycles. The molecule has 2 aromatic rings. The maximum atomic E-state index is 10.5. The highest BCUT2D eigenvalue weighted by molar-refractivity contribution is 5.75. The number of aliphatic hydroxyl groups is 1. The lowest BCUT2D eigenvalue weighted by Gasteiger charge is -2.24. The topological polar surface area (TPSA) is 50.1 Å². The molecule has 0 radical (unpaired) electrons. The predicted octanol–water partition coefficient (Wildman–Crippen LogP) is 2.11. The number of aromatic nitrogens is 2. The van der Waals surface area contributed by atoms with Crippen molar-refractivity contribution in [2.45, 2.75) is 32.8 Å². The van der Waals surface area contributed by atoms with E-state index in [1.54, 1.807) is 0 Å². The Morgan fingerprint density at radius 2 is 2.05 bits per heavy atom. The van der Waals surface area contributed by atoms with E-state index in [0.29, 0.717) is 18.9 Å². The van der Waals surface area contributed by atoms with Crippen molar-refractivity contribution in [2.75, 3.05) is 13.1 Å². The van der Waals surface area contributed by atoms with Crippen molar-refractivity contribution in [3.05, 3.63) is 30.1 Å². The molecule has 1 unspecified atom stereocenters. The maximum absolute atomic E-state index is 10.5. The van der Waals surface area contributed by atoms with E-state index in [1.165, 1.54) is 0 Å². The number of rotatable bonds is 6. The number of hydrogen-bond donors (Lipinski definition) is 2. The molecule has 20 heavy (non-hydrogen) atoms. The average Bonchev–Trinajstić information content (AvgIpc) is 2.65. The van der Waals surface area contributed by atoms with E-state index in [0.717, 1.165) is 23.4 Å². The summed E-state index contributed by atoms with van der Waals surface area (Å²) in [5, 5.41) is 13.8. The van der Waals surface area contributed by atoms with E-state index >= 15 is 0 Å². The highest BCUT2D eigenvalue weighted by Crippen LogP contribution is 2.18. The monoisotopic (exact) mass is 275 g/mol. The summed E-state index contributed by atoms with van der Waals surface area (Å²) in [4.78, 5) is 4.62. The molecule has 1 heterocycles. The largest absolute Gasteiger partial charge is 0.388 e. The van der Waals surface area contributed by atoms with Gasteiger partial charge in [0, 0.05) is 20.0 Å². The lowest BCUT2D eigenvalue weighted by atomic mass is 10.0. The summed E-state index contributed by atoms with van der Waals surface area (Å²) in [7, 11) is 2.00. The molecule has 2 rings (SSSR count). The fraction of sp³-hybridized carbons (Fsp3) is 0.562. The Hall–Kier alpha value is -1.39. The third-order valence-electron chi connectivity index (χ3n) is 3.48. The first-order valence-electron chi connectivity index (χ1n) is 7.22. The third-order valence-corrected chi connectivity index (χ3v) is 3.48. The normalized spacial score (nSPS) is 14.9. The molecule has 2 N–H and O–H groups in total. The summed E-state index contributed by atoms with van der Waals surface area (Å²) >= 11 is 0. The van der Waals surface area contributed by atoms with Crippen molar-refractivity contribution in [3.63, 3.8) is 0 Å². The van der Waals surface area contributed by atoms with Crippen LogP contribution in [0.15, 0.2) is 24.3 Å². The second-order valence-corrected chi connectivity index (χ2v) is 6.27. The molecule has 0 bridgehead atoms. The Labute approximate surface area is 120 Å². The van der Waals surface area contributed by atoms with Gasteiger partial charge in [0.1, 0.15) is 5.82 Å². The molecule has 1 aromatic heterocycles. The van der Waals surface area contributed by atoms with E-state index in [1.807, 2.05) is 32.2 Å². The predicted molar refractivity (Wildman–Crippen MR) is 82.7 cm³/mol. The molecule has 1 aromatic carbocycles. The number of nitrogens with zero attached hydrogens (tertiary/aromatic N) is 2. The first kappa shape index (κ1) is 15.0. The summed E-state index contributed by atoms with van der Waals surface area (Å²) in [5.74, 6) is 1.50. The summed E-state index contributed by atoms with van der Waals surface area (Å²) in [6.45, 7) is 7.67. The molecule has 0 amide bonds. The number of hydrogen-bond acceptors (Lipinski definition) is 3. The molecule has 0 saturated carbocycles. The van der Waals surface area contributed by atoms with Crippen LogP contribution in [-0.2, 0) is 13.5 Å². The average molecular weight is 275 g/mol. The van der Waals surface area contributed by atoms with Gasteiger partial charge in [-0.1, -0.05) is 26.0 Å². The van der Waals surface area contributed by atoms with Crippen LogP contribution in [0.25, 0.3) is 11.0 Å². The molecule has 4 heteroatoms. The van der Waals surface area contributed by atoms with E-state index in [4.69, 9.17) is 0 Å². The Balaban J connectivity index is 2.08. The van der Waals surface area contributed by atoms with Crippen LogP contribution < -0.4 is 5.32 Å². The van der Waals surface area contributed by atoms with Crippen LogP contribution in [0, 0.1) is 5.92 Å². The Kier molecular flexibility index (Phi) is 4.45. The zero-order valence-electron chi connectivity index (χ0n) is 12.8. The van der Waals surface area contributed by atoms with Gasteiger partial charge in [-0.15, -0.1) is 0 Å². The van der Waals surface area contributed by atoms with E-state index < -0.39 is 5.60 Å². The highest BCUT2D eigenvalue weighted by Gasteiger charge is 2.23. The summed E-state index contributed by atoms with van der Waals surface area (Å²) < 4.78 is 2.06. The third kappa shape index (κ3) is 3.58. The number of benzene rings is 1. The number of nitrogens with one attached hydrogen (secondary N) is 1. The number of fused-ring (bicyclic) bond motifs is 1. The lowest BCUT2D eigenvalue weighted by Crippen LogP contribution is -2.41. The smallest absolute Gasteiger partial charge is 0.112 e. The van der Waals surface area contributed by atoms with Crippen molar-refractivity contribution in [3.8, 4) is 0 Å². The van der Waals surface area contributed by atoms with Crippen LogP contribution in [0.4, 0.5) is 0 Å². The minimum absolute atomic E-state index is 0.545. The van der Waals surface area contributed by atoms with Gasteiger partial charge in [-0.3, -0.25) is 0 Å². The van der Waals surface area contributed by atoms with Crippen molar-refractivity contribution in [1.82, 2.24) is 14.9 Å². The van der Waals surface area contributed by atoms with Crippen LogP contribution in [0.5, 0.6) is 0 Å². The molecule has 0 aliphatic carbocycles. The molecule has 0 spiro atoms. The molecular formula is C16H25N3O. The van der Waals surface area contributed by atoms with Gasteiger partial charge in [0.25, 0.3) is 0 Å². The second kappa shape index (κ2) is 5.94. The Morgan fingerprint density at radius 3 is 2.70 bits per heavy atom. The fourth-order valence-electron chi connectivity index (χ4n) is 2.39. The van der Waals surface area contributed by atoms with Gasteiger partial charge in [0.2, 0.25) is 0 Å². The van der Waals surface area contributed by atoms with Gasteiger partial charge in [-0.25, -0.2) is 4.98 Å². The molecule has 110 valence electrons. The van der Waals surface area contributed by atoms with Gasteiger partial charge < -0.3 is 15.0 Å². The van der Waals surface area contributed by atoms with Crippen LogP contribution in [0.3, 0.4) is 0 Å². The van der Waals surface area contributed by atoms with Crippen LogP contribution in [0.2, 0.25) is 0 Å². The summed E-state index contributed by atoms with van der Waals surface area (Å²) in [5.41, 5.74) is 1.30. The minimum Gasteiger partial charge on any atom is -0.388 e. The molecule has 0 fully saturated rings. The molecule has 0 aliphatic rings. The van der Waals surface area contributed by atoms with Gasteiger partial charge in [0.05, 0.1) is 16.6 Å². The fourth-order valence-corrected chi connectivity index (χ4v) is 2.39. The molecule has 1 atom stereocenters. The molecule has 0 saturated heterocycles. The summed E-state index contributed by atoms with van der Waals surface area (Å²) in [6.07, 6.45) is 0.545. The number of imidazole rings is 1. The quantitative estimate of drug-likeness (QED) is 0.849. The first-order chi connectivity index (χ1) is 9.39. The molecular weight excluding hydrogens is 250 g/mol. The zero-order chi connectivity index (χ0) is 14.8. The lowest BCUT2D eigenvalue weighted by molar-refractivity contribution is 0.0570. The van der Waals surface area contributed by atoms with Gasteiger partial charge in [0.15, 0.2) is 0 Å². The van der Waals surface area contributed by atoms with Gasteiger partial charge in [-0.2, -0.15) is 0 Å². The number of aryl methyl sites for hydroxylation is 1. The van der Waals surface area contributed by atoms with E-state index in [2.05, 4.69) is 34.8 Å². The van der Waals surface area contributed by atoms with E-state index in [-0.39, 0.29) is 0 Å². The van der Waals surface area contributed by atoms with Crippen LogP contribution in [-0.4, -0.2) is 33.3 Å². The zero-order valence-corrected chi connectivity index (χ0v) is 12.8. The first-order valence-corrected chi connectivity index (χ1v) is 7.22. The maximum Gasteiger partial charge on any atom is 0.112 e.